The largest absolute Gasteiger partial charge is 0.357 e. The smallest absolute Gasteiger partial charge is 0.272 e. The van der Waals surface area contributed by atoms with Gasteiger partial charge in [-0.25, -0.2) is 13.8 Å². The number of amides is 2. The zero-order valence-electron chi connectivity index (χ0n) is 18.6. The third-order valence-electron chi connectivity index (χ3n) is 5.47. The molecule has 31 heavy (non-hydrogen) atoms. The van der Waals surface area contributed by atoms with E-state index in [2.05, 4.69) is 15.6 Å². The normalized spacial score (nSPS) is 15.7. The number of hydrogen-bond donors (Lipinski definition) is 2. The molecule has 1 atom stereocenters. The van der Waals surface area contributed by atoms with Crippen LogP contribution in [0.4, 0.5) is 8.78 Å². The Bertz CT molecular complexity index is 976. The first-order valence-corrected chi connectivity index (χ1v) is 10.3. The molecule has 1 aliphatic heterocycles. The Hall–Kier alpha value is -2.81. The second kappa shape index (κ2) is 8.74. The molecule has 168 valence electrons. The van der Waals surface area contributed by atoms with Crippen LogP contribution in [0.5, 0.6) is 0 Å². The van der Waals surface area contributed by atoms with E-state index >= 15 is 0 Å². The highest BCUT2D eigenvalue weighted by atomic mass is 19.1. The van der Waals surface area contributed by atoms with Crippen LogP contribution in [0, 0.1) is 17.0 Å². The minimum atomic E-state index is -0.806. The molecule has 3 rings (SSSR count). The summed E-state index contributed by atoms with van der Waals surface area (Å²) in [6, 6.07) is 2.83. The van der Waals surface area contributed by atoms with Gasteiger partial charge in [0.15, 0.2) is 5.69 Å². The summed E-state index contributed by atoms with van der Waals surface area (Å²) in [6.45, 7) is 7.16. The number of benzene rings is 1. The average Bonchev–Trinajstić information content (AvgIpc) is 2.90. The van der Waals surface area contributed by atoms with Crippen molar-refractivity contribution in [2.75, 3.05) is 20.6 Å². The van der Waals surface area contributed by atoms with Gasteiger partial charge in [0.25, 0.3) is 5.91 Å². The topological polar surface area (TPSA) is 79.3 Å². The Morgan fingerprint density at radius 1 is 1.16 bits per heavy atom. The van der Waals surface area contributed by atoms with Crippen molar-refractivity contribution in [1.29, 1.82) is 0 Å². The quantitative estimate of drug-likeness (QED) is 0.777. The number of nitrogens with zero attached hydrogens (tertiary/aromatic N) is 3. The predicted molar refractivity (Wildman–Crippen MR) is 113 cm³/mol. The van der Waals surface area contributed by atoms with Gasteiger partial charge in [-0.2, -0.15) is 0 Å². The van der Waals surface area contributed by atoms with Gasteiger partial charge in [0.2, 0.25) is 5.91 Å². The van der Waals surface area contributed by atoms with Crippen LogP contribution in [-0.2, 0) is 17.9 Å². The summed E-state index contributed by atoms with van der Waals surface area (Å²) in [6.07, 6.45) is 0.743. The molecule has 0 fully saturated rings. The van der Waals surface area contributed by atoms with E-state index in [0.717, 1.165) is 13.0 Å². The van der Waals surface area contributed by atoms with Crippen molar-refractivity contribution < 1.29 is 18.4 Å². The summed E-state index contributed by atoms with van der Waals surface area (Å²) >= 11 is 0. The fourth-order valence-corrected chi connectivity index (χ4v) is 3.82. The molecule has 0 radical (unpaired) electrons. The fraction of sp³-hybridized carbons (Fsp3) is 0.500. The highest BCUT2D eigenvalue weighted by Gasteiger charge is 2.35. The summed E-state index contributed by atoms with van der Waals surface area (Å²) in [4.78, 5) is 32.1. The lowest BCUT2D eigenvalue weighted by molar-refractivity contribution is -0.124. The van der Waals surface area contributed by atoms with E-state index in [-0.39, 0.29) is 23.0 Å². The molecule has 0 aliphatic carbocycles. The van der Waals surface area contributed by atoms with E-state index in [0.29, 0.717) is 18.8 Å². The van der Waals surface area contributed by atoms with Crippen molar-refractivity contribution in [3.05, 3.63) is 41.2 Å². The second-order valence-corrected chi connectivity index (χ2v) is 8.96. The van der Waals surface area contributed by atoms with Crippen LogP contribution < -0.4 is 10.6 Å². The molecule has 1 aliphatic rings. The van der Waals surface area contributed by atoms with Gasteiger partial charge in [-0.1, -0.05) is 26.8 Å². The van der Waals surface area contributed by atoms with Gasteiger partial charge in [0.1, 0.15) is 23.5 Å². The minimum absolute atomic E-state index is 0.0737. The monoisotopic (exact) mass is 433 g/mol. The Morgan fingerprint density at radius 2 is 1.81 bits per heavy atom. The minimum Gasteiger partial charge on any atom is -0.357 e. The zero-order valence-corrected chi connectivity index (χ0v) is 18.6. The molecule has 2 aromatic rings. The van der Waals surface area contributed by atoms with Crippen LogP contribution in [0.15, 0.2) is 18.2 Å². The molecule has 1 aromatic heterocycles. The maximum Gasteiger partial charge on any atom is 0.272 e. The molecule has 0 spiro atoms. The Kier molecular flexibility index (Phi) is 6.45. The van der Waals surface area contributed by atoms with Crippen LogP contribution in [0.3, 0.4) is 0 Å². The van der Waals surface area contributed by atoms with Gasteiger partial charge in [0.05, 0.1) is 11.3 Å². The third kappa shape index (κ3) is 4.61. The van der Waals surface area contributed by atoms with Crippen molar-refractivity contribution in [1.82, 2.24) is 25.1 Å². The first-order chi connectivity index (χ1) is 14.5. The molecule has 1 aromatic carbocycles. The summed E-state index contributed by atoms with van der Waals surface area (Å²) in [5, 5.41) is 5.34. The highest BCUT2D eigenvalue weighted by molar-refractivity contribution is 5.97. The van der Waals surface area contributed by atoms with Crippen molar-refractivity contribution >= 4 is 11.8 Å². The van der Waals surface area contributed by atoms with Crippen molar-refractivity contribution in [3.63, 3.8) is 0 Å². The lowest BCUT2D eigenvalue weighted by atomic mass is 9.86. The number of imidazole rings is 1. The lowest BCUT2D eigenvalue weighted by Crippen LogP contribution is -2.53. The molecule has 2 amide bonds. The van der Waals surface area contributed by atoms with Crippen LogP contribution in [0.25, 0.3) is 11.4 Å². The number of carbonyl (C=O) groups is 2. The maximum absolute atomic E-state index is 14.6. The SMILES string of the molecule is CNC(=O)C(NC(=O)c1nc(-c2c(F)cccc2F)n2c1CN(C)CCC2)C(C)(C)C. The number of hydrogen-bond acceptors (Lipinski definition) is 4. The molecule has 0 bridgehead atoms. The summed E-state index contributed by atoms with van der Waals surface area (Å²) < 4.78 is 30.8. The summed E-state index contributed by atoms with van der Waals surface area (Å²) in [5.41, 5.74) is -0.167. The second-order valence-electron chi connectivity index (χ2n) is 8.96. The molecule has 9 heteroatoms. The van der Waals surface area contributed by atoms with E-state index in [4.69, 9.17) is 0 Å². The molecule has 2 heterocycles. The number of carbonyl (C=O) groups excluding carboxylic acids is 2. The van der Waals surface area contributed by atoms with Gasteiger partial charge in [-0.15, -0.1) is 0 Å². The van der Waals surface area contributed by atoms with Gasteiger partial charge in [-0.05, 0) is 37.6 Å². The third-order valence-corrected chi connectivity index (χ3v) is 5.47. The van der Waals surface area contributed by atoms with Crippen LogP contribution in [-0.4, -0.2) is 52.9 Å². The van der Waals surface area contributed by atoms with E-state index < -0.39 is 29.0 Å². The number of aromatic nitrogens is 2. The van der Waals surface area contributed by atoms with E-state index in [1.807, 2.05) is 32.7 Å². The lowest BCUT2D eigenvalue weighted by Gasteiger charge is -2.29. The summed E-state index contributed by atoms with van der Waals surface area (Å²) in [7, 11) is 3.42. The Balaban J connectivity index is 2.11. The average molecular weight is 434 g/mol. The van der Waals surface area contributed by atoms with Crippen molar-refractivity contribution in [3.8, 4) is 11.4 Å². The van der Waals surface area contributed by atoms with Gasteiger partial charge < -0.3 is 20.1 Å². The van der Waals surface area contributed by atoms with Crippen LogP contribution in [0.2, 0.25) is 0 Å². The standard InChI is InChI=1S/C22H29F2N5O2/c1-22(2,3)18(21(31)25-4)27-20(30)17-15-12-28(5)10-7-11-29(15)19(26-17)16-13(23)8-6-9-14(16)24/h6,8-9,18H,7,10-12H2,1-5H3,(H,25,31)(H,27,30). The maximum atomic E-state index is 14.6. The van der Waals surface area contributed by atoms with E-state index in [1.165, 1.54) is 25.2 Å². The van der Waals surface area contributed by atoms with Gasteiger partial charge in [0, 0.05) is 20.1 Å². The van der Waals surface area contributed by atoms with Crippen LogP contribution >= 0.6 is 0 Å². The molecule has 0 saturated heterocycles. The van der Waals surface area contributed by atoms with E-state index in [1.54, 1.807) is 4.57 Å². The van der Waals surface area contributed by atoms with Crippen molar-refractivity contribution in [2.24, 2.45) is 5.41 Å². The number of halogens is 2. The number of fused-ring (bicyclic) bond motifs is 1. The molecule has 1 unspecified atom stereocenters. The molecular formula is C22H29F2N5O2. The van der Waals surface area contributed by atoms with Gasteiger partial charge >= 0.3 is 0 Å². The molecule has 0 saturated carbocycles. The fourth-order valence-electron chi connectivity index (χ4n) is 3.82. The van der Waals surface area contributed by atoms with Crippen molar-refractivity contribution in [2.45, 2.75) is 46.3 Å². The first-order valence-electron chi connectivity index (χ1n) is 10.3. The Morgan fingerprint density at radius 3 is 2.39 bits per heavy atom. The molecule has 2 N–H and O–H groups in total. The first kappa shape index (κ1) is 22.9. The molecule has 7 nitrogen and oxygen atoms in total. The van der Waals surface area contributed by atoms with E-state index in [9.17, 15) is 18.4 Å². The number of nitrogens with one attached hydrogen (secondary N) is 2. The highest BCUT2D eigenvalue weighted by Crippen LogP contribution is 2.30. The predicted octanol–water partition coefficient (Wildman–Crippen LogP) is 2.55. The number of rotatable bonds is 4. The zero-order chi connectivity index (χ0) is 22.9. The molecular weight excluding hydrogens is 404 g/mol. The summed E-state index contributed by atoms with van der Waals surface area (Å²) in [5.74, 6) is -2.28. The Labute approximate surface area is 180 Å². The number of likely N-dealkylation sites (N-methyl/N-ethyl adjacent to an activating group) is 1. The van der Waals surface area contributed by atoms with Gasteiger partial charge in [-0.3, -0.25) is 9.59 Å². The van der Waals surface area contributed by atoms with Crippen LogP contribution in [0.1, 0.15) is 43.4 Å².